The van der Waals surface area contributed by atoms with Crippen molar-refractivity contribution in [2.75, 3.05) is 5.32 Å². The van der Waals surface area contributed by atoms with Crippen molar-refractivity contribution >= 4 is 33.2 Å². The molecule has 0 heterocycles. The first kappa shape index (κ1) is 16.2. The Labute approximate surface area is 134 Å². The molecule has 0 atom stereocenters. The minimum absolute atomic E-state index is 0.0308. The number of aryl methyl sites for hydroxylation is 1. The van der Waals surface area contributed by atoms with E-state index in [0.29, 0.717) is 17.3 Å². The first-order chi connectivity index (χ1) is 9.77. The molecule has 0 aliphatic rings. The molecule has 0 spiro atoms. The second-order valence-corrected chi connectivity index (χ2v) is 5.91. The summed E-state index contributed by atoms with van der Waals surface area (Å²) in [6, 6.07) is 9.52. The first-order valence-corrected chi connectivity index (χ1v) is 7.30. The van der Waals surface area contributed by atoms with Gasteiger partial charge >= 0.3 is 6.18 Å². The maximum absolute atomic E-state index is 12.8. The van der Waals surface area contributed by atoms with Gasteiger partial charge in [0.1, 0.15) is 0 Å². The van der Waals surface area contributed by atoms with Gasteiger partial charge in [0.15, 0.2) is 0 Å². The summed E-state index contributed by atoms with van der Waals surface area (Å²) in [6.45, 7) is 2.34. The number of halogens is 5. The average molecular weight is 379 g/mol. The van der Waals surface area contributed by atoms with E-state index >= 15 is 0 Å². The molecular formula is C15H12BrClF3N. The second kappa shape index (κ2) is 6.28. The van der Waals surface area contributed by atoms with Crippen molar-refractivity contribution < 1.29 is 13.2 Å². The van der Waals surface area contributed by atoms with Crippen LogP contribution in [0.4, 0.5) is 18.9 Å². The Kier molecular flexibility index (Phi) is 4.84. The highest BCUT2D eigenvalue weighted by atomic mass is 79.9. The van der Waals surface area contributed by atoms with E-state index in [2.05, 4.69) is 21.2 Å². The Hall–Kier alpha value is -1.20. The van der Waals surface area contributed by atoms with Crippen LogP contribution < -0.4 is 5.32 Å². The van der Waals surface area contributed by atoms with E-state index in [4.69, 9.17) is 11.6 Å². The molecule has 0 unspecified atom stereocenters. The number of alkyl halides is 3. The van der Waals surface area contributed by atoms with Gasteiger partial charge in [0.2, 0.25) is 0 Å². The normalized spacial score (nSPS) is 11.5. The van der Waals surface area contributed by atoms with E-state index in [-0.39, 0.29) is 4.47 Å². The molecule has 0 aromatic heterocycles. The van der Waals surface area contributed by atoms with Gasteiger partial charge in [0.05, 0.1) is 5.56 Å². The fourth-order valence-corrected chi connectivity index (χ4v) is 2.61. The van der Waals surface area contributed by atoms with Crippen LogP contribution in [-0.2, 0) is 12.7 Å². The van der Waals surface area contributed by atoms with Gasteiger partial charge < -0.3 is 5.32 Å². The highest BCUT2D eigenvalue weighted by molar-refractivity contribution is 9.10. The Bertz CT molecular complexity index is 656. The minimum atomic E-state index is -4.38. The molecule has 0 saturated carbocycles. The van der Waals surface area contributed by atoms with E-state index in [9.17, 15) is 13.2 Å². The Morgan fingerprint density at radius 1 is 1.14 bits per heavy atom. The molecule has 0 saturated heterocycles. The summed E-state index contributed by atoms with van der Waals surface area (Å²) in [5.74, 6) is 0. The lowest BCUT2D eigenvalue weighted by Gasteiger charge is -2.13. The molecule has 0 radical (unpaired) electrons. The predicted octanol–water partition coefficient (Wildman–Crippen LogP) is 6.04. The Balaban J connectivity index is 2.17. The summed E-state index contributed by atoms with van der Waals surface area (Å²) >= 11 is 8.79. The second-order valence-electron chi connectivity index (χ2n) is 4.62. The molecule has 1 N–H and O–H groups in total. The van der Waals surface area contributed by atoms with Gasteiger partial charge in [-0.3, -0.25) is 0 Å². The lowest BCUT2D eigenvalue weighted by atomic mass is 10.1. The first-order valence-electron chi connectivity index (χ1n) is 6.13. The van der Waals surface area contributed by atoms with Gasteiger partial charge in [-0.15, -0.1) is 0 Å². The molecular weight excluding hydrogens is 367 g/mol. The average Bonchev–Trinajstić information content (AvgIpc) is 2.38. The molecule has 6 heteroatoms. The Morgan fingerprint density at radius 2 is 1.86 bits per heavy atom. The SMILES string of the molecule is Cc1cc(Cl)ccc1CNc1ccc(Br)c(C(F)(F)F)c1. The van der Waals surface area contributed by atoms with Crippen LogP contribution in [0.2, 0.25) is 5.02 Å². The third kappa shape index (κ3) is 4.14. The van der Waals surface area contributed by atoms with Crippen molar-refractivity contribution in [3.05, 3.63) is 62.6 Å². The molecule has 0 aliphatic carbocycles. The van der Waals surface area contributed by atoms with Gasteiger partial charge in [-0.2, -0.15) is 13.2 Å². The van der Waals surface area contributed by atoms with Crippen LogP contribution in [0.5, 0.6) is 0 Å². The highest BCUT2D eigenvalue weighted by Crippen LogP contribution is 2.36. The number of hydrogen-bond donors (Lipinski definition) is 1. The van der Waals surface area contributed by atoms with Gasteiger partial charge in [0.25, 0.3) is 0 Å². The molecule has 0 bridgehead atoms. The lowest BCUT2D eigenvalue weighted by Crippen LogP contribution is -2.08. The molecule has 0 fully saturated rings. The van der Waals surface area contributed by atoms with Crippen LogP contribution in [-0.4, -0.2) is 0 Å². The fourth-order valence-electron chi connectivity index (χ4n) is 1.91. The van der Waals surface area contributed by atoms with Crippen LogP contribution in [0.15, 0.2) is 40.9 Å². The smallest absolute Gasteiger partial charge is 0.381 e. The topological polar surface area (TPSA) is 12.0 Å². The van der Waals surface area contributed by atoms with Crippen LogP contribution in [0.3, 0.4) is 0 Å². The quantitative estimate of drug-likeness (QED) is 0.686. The van der Waals surface area contributed by atoms with Gasteiger partial charge in [-0.1, -0.05) is 33.6 Å². The summed E-state index contributed by atoms with van der Waals surface area (Å²) < 4.78 is 38.5. The summed E-state index contributed by atoms with van der Waals surface area (Å²) in [7, 11) is 0. The van der Waals surface area contributed by atoms with Gasteiger partial charge in [-0.25, -0.2) is 0 Å². The predicted molar refractivity (Wildman–Crippen MR) is 82.7 cm³/mol. The van der Waals surface area contributed by atoms with Crippen molar-refractivity contribution in [3.63, 3.8) is 0 Å². The molecule has 1 nitrogen and oxygen atoms in total. The van der Waals surface area contributed by atoms with Crippen LogP contribution in [0.25, 0.3) is 0 Å². The van der Waals surface area contributed by atoms with Crippen LogP contribution in [0, 0.1) is 6.92 Å². The van der Waals surface area contributed by atoms with Crippen molar-refractivity contribution in [1.29, 1.82) is 0 Å². The van der Waals surface area contributed by atoms with E-state index in [1.54, 1.807) is 12.1 Å². The monoisotopic (exact) mass is 377 g/mol. The number of rotatable bonds is 3. The summed E-state index contributed by atoms with van der Waals surface area (Å²) in [5.41, 5.74) is 1.69. The number of nitrogens with one attached hydrogen (secondary N) is 1. The largest absolute Gasteiger partial charge is 0.417 e. The third-order valence-electron chi connectivity index (χ3n) is 3.06. The summed E-state index contributed by atoms with van der Waals surface area (Å²) in [5, 5.41) is 3.64. The number of benzene rings is 2. The van der Waals surface area contributed by atoms with Crippen molar-refractivity contribution in [2.45, 2.75) is 19.6 Å². The zero-order chi connectivity index (χ0) is 15.6. The van der Waals surface area contributed by atoms with E-state index < -0.39 is 11.7 Å². The Morgan fingerprint density at radius 3 is 2.48 bits per heavy atom. The van der Waals surface area contributed by atoms with Crippen molar-refractivity contribution in [3.8, 4) is 0 Å². The lowest BCUT2D eigenvalue weighted by molar-refractivity contribution is -0.138. The number of anilines is 1. The van der Waals surface area contributed by atoms with Crippen molar-refractivity contribution in [2.24, 2.45) is 0 Å². The summed E-state index contributed by atoms with van der Waals surface area (Å²) in [4.78, 5) is 0. The van der Waals surface area contributed by atoms with Crippen LogP contribution in [0.1, 0.15) is 16.7 Å². The molecule has 0 aliphatic heterocycles. The molecule has 112 valence electrons. The molecule has 0 amide bonds. The minimum Gasteiger partial charge on any atom is -0.381 e. The molecule has 2 aromatic rings. The van der Waals surface area contributed by atoms with E-state index in [0.717, 1.165) is 17.2 Å². The molecule has 2 rings (SSSR count). The molecule has 21 heavy (non-hydrogen) atoms. The number of hydrogen-bond acceptors (Lipinski definition) is 1. The van der Waals surface area contributed by atoms with E-state index in [1.807, 2.05) is 19.1 Å². The zero-order valence-corrected chi connectivity index (χ0v) is 13.4. The fraction of sp³-hybridized carbons (Fsp3) is 0.200. The molecule has 2 aromatic carbocycles. The third-order valence-corrected chi connectivity index (χ3v) is 3.99. The van der Waals surface area contributed by atoms with Gasteiger partial charge in [0, 0.05) is 21.7 Å². The summed E-state index contributed by atoms with van der Waals surface area (Å²) in [6.07, 6.45) is -4.38. The highest BCUT2D eigenvalue weighted by Gasteiger charge is 2.33. The zero-order valence-electron chi connectivity index (χ0n) is 11.1. The van der Waals surface area contributed by atoms with E-state index in [1.165, 1.54) is 6.07 Å². The maximum Gasteiger partial charge on any atom is 0.417 e. The maximum atomic E-state index is 12.8. The standard InChI is InChI=1S/C15H12BrClF3N/c1-9-6-11(17)3-2-10(9)8-21-12-4-5-14(16)13(7-12)15(18,19)20/h2-7,21H,8H2,1H3. The van der Waals surface area contributed by atoms with Gasteiger partial charge in [-0.05, 0) is 48.4 Å². The van der Waals surface area contributed by atoms with Crippen LogP contribution >= 0.6 is 27.5 Å². The van der Waals surface area contributed by atoms with Crippen molar-refractivity contribution in [1.82, 2.24) is 0 Å².